The van der Waals surface area contributed by atoms with E-state index in [4.69, 9.17) is 4.74 Å². The van der Waals surface area contributed by atoms with Crippen molar-refractivity contribution in [1.29, 1.82) is 0 Å². The summed E-state index contributed by atoms with van der Waals surface area (Å²) in [6.45, 7) is 5.84. The fourth-order valence-corrected chi connectivity index (χ4v) is 4.80. The lowest BCUT2D eigenvalue weighted by atomic mass is 9.78. The first-order valence-electron chi connectivity index (χ1n) is 10.6. The second-order valence-corrected chi connectivity index (χ2v) is 9.24. The molecule has 2 unspecified atom stereocenters. The van der Waals surface area contributed by atoms with Gasteiger partial charge in [0.1, 0.15) is 6.29 Å². The Bertz CT molecular complexity index is 532. The molecule has 0 N–H and O–H groups in total. The average molecular weight is 378 g/mol. The molecule has 3 aliphatic rings. The molecule has 26 heavy (non-hydrogen) atoms. The van der Waals surface area contributed by atoms with Gasteiger partial charge < -0.3 is 9.53 Å². The normalized spacial score (nSPS) is 25.7. The highest BCUT2D eigenvalue weighted by molar-refractivity contribution is 7.22. The predicted molar refractivity (Wildman–Crippen MR) is 111 cm³/mol. The van der Waals surface area contributed by atoms with Crippen LogP contribution < -0.4 is 0 Å². The highest BCUT2D eigenvalue weighted by Crippen LogP contribution is 2.38. The van der Waals surface area contributed by atoms with Crippen LogP contribution in [0.25, 0.3) is 0 Å². The van der Waals surface area contributed by atoms with E-state index in [1.807, 2.05) is 0 Å². The molecule has 0 bridgehead atoms. The van der Waals surface area contributed by atoms with Gasteiger partial charge in [-0.1, -0.05) is 31.9 Å². The Hall–Kier alpha value is -0.500. The molecule has 0 amide bonds. The van der Waals surface area contributed by atoms with Crippen LogP contribution >= 0.6 is 9.24 Å². The van der Waals surface area contributed by atoms with E-state index < -0.39 is 0 Å². The van der Waals surface area contributed by atoms with Gasteiger partial charge in [-0.3, -0.25) is 4.90 Å². The molecule has 1 saturated heterocycles. The number of hydrogen-bond donors (Lipinski definition) is 0. The summed E-state index contributed by atoms with van der Waals surface area (Å²) in [7, 11) is 3.01. The van der Waals surface area contributed by atoms with Crippen LogP contribution in [-0.2, 0) is 9.53 Å². The maximum Gasteiger partial charge on any atom is 0.126 e. The Kier molecular flexibility index (Phi) is 7.49. The van der Waals surface area contributed by atoms with E-state index in [2.05, 4.69) is 33.2 Å². The molecule has 0 aromatic rings. The van der Waals surface area contributed by atoms with Gasteiger partial charge in [0.05, 0.1) is 0 Å². The minimum Gasteiger partial charge on any atom is -0.381 e. The molecule has 1 heterocycles. The molecule has 2 aliphatic carbocycles. The number of carbonyl (C=O) groups excluding carboxylic acids is 1. The minimum absolute atomic E-state index is 0.155. The van der Waals surface area contributed by atoms with Crippen molar-refractivity contribution in [2.24, 2.45) is 11.3 Å². The number of allylic oxidation sites excluding steroid dienone is 2. The van der Waals surface area contributed by atoms with Crippen molar-refractivity contribution < 1.29 is 9.53 Å². The van der Waals surface area contributed by atoms with Crippen LogP contribution in [0.2, 0.25) is 0 Å². The molecule has 0 radical (unpaired) electrons. The van der Waals surface area contributed by atoms with Crippen LogP contribution in [0.1, 0.15) is 64.7 Å². The Balaban J connectivity index is 1.55. The van der Waals surface area contributed by atoms with Gasteiger partial charge in [0.25, 0.3) is 0 Å². The SMILES string of the molecule is CCCN(CCC1(C=O)CCOCC1)C1C=CC(CCC2CC2)=C(P)C1. The monoisotopic (exact) mass is 377 g/mol. The van der Waals surface area contributed by atoms with Gasteiger partial charge >= 0.3 is 0 Å². The number of aldehydes is 1. The summed E-state index contributed by atoms with van der Waals surface area (Å²) < 4.78 is 5.47. The van der Waals surface area contributed by atoms with E-state index in [1.54, 1.807) is 5.57 Å². The zero-order chi connectivity index (χ0) is 18.4. The van der Waals surface area contributed by atoms with E-state index in [1.165, 1.54) is 37.3 Å². The van der Waals surface area contributed by atoms with Gasteiger partial charge in [-0.25, -0.2) is 0 Å². The molecule has 1 saturated carbocycles. The predicted octanol–water partition coefficient (Wildman–Crippen LogP) is 4.73. The summed E-state index contributed by atoms with van der Waals surface area (Å²) in [6, 6.07) is 0.482. The van der Waals surface area contributed by atoms with E-state index in [0.29, 0.717) is 6.04 Å². The van der Waals surface area contributed by atoms with Crippen molar-refractivity contribution in [3.63, 3.8) is 0 Å². The van der Waals surface area contributed by atoms with Gasteiger partial charge in [-0.2, -0.15) is 0 Å². The molecule has 0 aromatic heterocycles. The van der Waals surface area contributed by atoms with Crippen LogP contribution in [0.4, 0.5) is 0 Å². The van der Waals surface area contributed by atoms with Crippen LogP contribution in [0, 0.1) is 11.3 Å². The summed E-state index contributed by atoms with van der Waals surface area (Å²) in [4.78, 5) is 14.4. The van der Waals surface area contributed by atoms with Gasteiger partial charge in [0.15, 0.2) is 0 Å². The van der Waals surface area contributed by atoms with E-state index >= 15 is 0 Å². The van der Waals surface area contributed by atoms with Gasteiger partial charge in [-0.05, 0) is 74.8 Å². The van der Waals surface area contributed by atoms with E-state index in [0.717, 1.165) is 64.3 Å². The smallest absolute Gasteiger partial charge is 0.126 e. The van der Waals surface area contributed by atoms with Gasteiger partial charge in [0.2, 0.25) is 0 Å². The van der Waals surface area contributed by atoms with Crippen molar-refractivity contribution in [3.8, 4) is 0 Å². The molecule has 4 heteroatoms. The maximum absolute atomic E-state index is 11.8. The third kappa shape index (κ3) is 5.50. The second kappa shape index (κ2) is 9.62. The quantitative estimate of drug-likeness (QED) is 0.407. The number of carbonyl (C=O) groups is 1. The summed E-state index contributed by atoms with van der Waals surface area (Å²) in [6.07, 6.45) is 16.5. The molecule has 0 spiro atoms. The highest BCUT2D eigenvalue weighted by Gasteiger charge is 2.33. The fraction of sp³-hybridized carbons (Fsp3) is 0.773. The molecule has 3 rings (SSSR count). The molecule has 2 fully saturated rings. The van der Waals surface area contributed by atoms with Crippen molar-refractivity contribution in [2.75, 3.05) is 26.3 Å². The molecule has 1 aliphatic heterocycles. The van der Waals surface area contributed by atoms with Crippen molar-refractivity contribution in [2.45, 2.75) is 70.8 Å². The van der Waals surface area contributed by atoms with Crippen LogP contribution in [0.3, 0.4) is 0 Å². The average Bonchev–Trinajstić information content (AvgIpc) is 3.49. The summed E-state index contributed by atoms with van der Waals surface area (Å²) in [5.74, 6) is 1.00. The Morgan fingerprint density at radius 1 is 1.31 bits per heavy atom. The largest absolute Gasteiger partial charge is 0.381 e. The lowest BCUT2D eigenvalue weighted by Crippen LogP contribution is -2.40. The van der Waals surface area contributed by atoms with Crippen molar-refractivity contribution in [1.82, 2.24) is 4.90 Å². The molecule has 146 valence electrons. The molecule has 3 nitrogen and oxygen atoms in total. The summed E-state index contributed by atoms with van der Waals surface area (Å²) in [5, 5.41) is 1.50. The van der Waals surface area contributed by atoms with E-state index in [-0.39, 0.29) is 5.41 Å². The fourth-order valence-electron chi connectivity index (χ4n) is 4.32. The first-order chi connectivity index (χ1) is 12.7. The number of rotatable bonds is 10. The van der Waals surface area contributed by atoms with Crippen LogP contribution in [-0.4, -0.2) is 43.5 Å². The number of ether oxygens (including phenoxy) is 1. The maximum atomic E-state index is 11.8. The Morgan fingerprint density at radius 3 is 2.69 bits per heavy atom. The number of hydrogen-bond acceptors (Lipinski definition) is 3. The van der Waals surface area contributed by atoms with Crippen LogP contribution in [0.5, 0.6) is 0 Å². The lowest BCUT2D eigenvalue weighted by Gasteiger charge is -2.37. The standard InChI is InChI=1S/C22H36NO2P/c1-2-12-23(13-9-22(17-24)10-14-25-15-11-22)20-8-7-19(21(26)16-20)6-5-18-3-4-18/h7-8,17-18,20H,2-6,9-16,26H2,1H3. The molecule has 2 atom stereocenters. The molecule has 0 aromatic carbocycles. The topological polar surface area (TPSA) is 29.5 Å². The van der Waals surface area contributed by atoms with Crippen LogP contribution in [0.15, 0.2) is 23.0 Å². The molecular formula is C22H36NO2P. The van der Waals surface area contributed by atoms with Gasteiger partial charge in [-0.15, -0.1) is 9.24 Å². The lowest BCUT2D eigenvalue weighted by molar-refractivity contribution is -0.122. The number of nitrogens with zero attached hydrogens (tertiary/aromatic N) is 1. The highest BCUT2D eigenvalue weighted by atomic mass is 31.0. The second-order valence-electron chi connectivity index (χ2n) is 8.54. The zero-order valence-corrected chi connectivity index (χ0v) is 17.6. The van der Waals surface area contributed by atoms with E-state index in [9.17, 15) is 4.79 Å². The van der Waals surface area contributed by atoms with Gasteiger partial charge in [0, 0.05) is 24.7 Å². The minimum atomic E-state index is -0.155. The van der Waals surface area contributed by atoms with Crippen molar-refractivity contribution in [3.05, 3.63) is 23.0 Å². The summed E-state index contributed by atoms with van der Waals surface area (Å²) in [5.41, 5.74) is 1.39. The molecular weight excluding hydrogens is 341 g/mol. The zero-order valence-electron chi connectivity index (χ0n) is 16.4. The summed E-state index contributed by atoms with van der Waals surface area (Å²) >= 11 is 0. The third-order valence-electron chi connectivity index (χ3n) is 6.50. The first kappa shape index (κ1) is 20.2. The Labute approximate surface area is 161 Å². The Morgan fingerprint density at radius 2 is 2.08 bits per heavy atom. The van der Waals surface area contributed by atoms with Crippen molar-refractivity contribution >= 4 is 15.5 Å². The third-order valence-corrected chi connectivity index (χ3v) is 7.10. The first-order valence-corrected chi connectivity index (χ1v) is 11.2.